The summed E-state index contributed by atoms with van der Waals surface area (Å²) in [7, 11) is 0. The Morgan fingerprint density at radius 2 is 2.04 bits per heavy atom. The summed E-state index contributed by atoms with van der Waals surface area (Å²) in [6, 6.07) is 10.2. The van der Waals surface area contributed by atoms with Gasteiger partial charge in [0.05, 0.1) is 15.6 Å². The largest absolute Gasteiger partial charge is 0.426 e. The lowest BCUT2D eigenvalue weighted by molar-refractivity contribution is -0.384. The van der Waals surface area contributed by atoms with Crippen molar-refractivity contribution in [2.75, 3.05) is 0 Å². The molecule has 2 aromatic rings. The van der Waals surface area contributed by atoms with Gasteiger partial charge in [0.2, 0.25) is 0 Å². The fourth-order valence-electron chi connectivity index (χ4n) is 1.83. The molecule has 2 rings (SSSR count). The topological polar surface area (TPSA) is 111 Å². The van der Waals surface area contributed by atoms with Crippen LogP contribution in [0.3, 0.4) is 0 Å². The van der Waals surface area contributed by atoms with Gasteiger partial charge in [0.15, 0.2) is 0 Å². The van der Waals surface area contributed by atoms with Crippen molar-refractivity contribution in [2.24, 2.45) is 5.10 Å². The van der Waals surface area contributed by atoms with Crippen molar-refractivity contribution in [3.05, 3.63) is 68.2 Å². The third kappa shape index (κ3) is 5.21. The molecule has 2 aromatic carbocycles. The van der Waals surface area contributed by atoms with Crippen LogP contribution in [-0.2, 0) is 4.79 Å². The predicted molar refractivity (Wildman–Crippen MR) is 93.6 cm³/mol. The van der Waals surface area contributed by atoms with E-state index >= 15 is 0 Å². The third-order valence-electron chi connectivity index (χ3n) is 2.91. The molecule has 0 radical (unpaired) electrons. The van der Waals surface area contributed by atoms with Gasteiger partial charge in [0.1, 0.15) is 5.75 Å². The molecule has 25 heavy (non-hydrogen) atoms. The highest BCUT2D eigenvalue weighted by Gasteiger charge is 2.10. The summed E-state index contributed by atoms with van der Waals surface area (Å²) in [5, 5.41) is 14.5. The zero-order valence-corrected chi connectivity index (χ0v) is 14.5. The Labute approximate surface area is 150 Å². The minimum Gasteiger partial charge on any atom is -0.426 e. The highest BCUT2D eigenvalue weighted by Crippen LogP contribution is 2.25. The Bertz CT molecular complexity index is 867. The summed E-state index contributed by atoms with van der Waals surface area (Å²) in [6.45, 7) is 1.30. The first-order valence-corrected chi connectivity index (χ1v) is 7.72. The molecule has 0 aliphatic heterocycles. The van der Waals surface area contributed by atoms with Crippen LogP contribution in [0.15, 0.2) is 52.0 Å². The van der Waals surface area contributed by atoms with Gasteiger partial charge in [-0.2, -0.15) is 5.10 Å². The number of amides is 1. The SMILES string of the molecule is CC(=O)Oc1ccc(/C=N\NC(=O)c2cccc([N+](=O)[O-])c2)cc1Br. The number of non-ortho nitro benzene ring substituents is 1. The van der Waals surface area contributed by atoms with Gasteiger partial charge >= 0.3 is 5.97 Å². The van der Waals surface area contributed by atoms with Gasteiger partial charge in [-0.3, -0.25) is 19.7 Å². The second kappa shape index (κ2) is 8.15. The molecule has 0 fully saturated rings. The quantitative estimate of drug-likeness (QED) is 0.270. The van der Waals surface area contributed by atoms with Crippen LogP contribution in [0.25, 0.3) is 0 Å². The predicted octanol–water partition coefficient (Wildman–Crippen LogP) is 3.05. The first-order valence-electron chi connectivity index (χ1n) is 6.92. The van der Waals surface area contributed by atoms with Crippen molar-refractivity contribution in [3.63, 3.8) is 0 Å². The molecule has 1 amide bonds. The maximum Gasteiger partial charge on any atom is 0.308 e. The van der Waals surface area contributed by atoms with Crippen molar-refractivity contribution in [1.29, 1.82) is 0 Å². The molecule has 9 heteroatoms. The van der Waals surface area contributed by atoms with Gasteiger partial charge < -0.3 is 4.74 Å². The minimum atomic E-state index is -0.581. The molecule has 0 aliphatic rings. The molecule has 128 valence electrons. The standard InChI is InChI=1S/C16H12BrN3O5/c1-10(21)25-15-6-5-11(7-14(15)17)9-18-19-16(22)12-3-2-4-13(8-12)20(23)24/h2-9H,1H3,(H,19,22)/b18-9-. The normalized spacial score (nSPS) is 10.5. The molecule has 0 aromatic heterocycles. The Morgan fingerprint density at radius 1 is 1.28 bits per heavy atom. The number of carbonyl (C=O) groups is 2. The van der Waals surface area contributed by atoms with E-state index in [-0.39, 0.29) is 11.3 Å². The van der Waals surface area contributed by atoms with Crippen LogP contribution in [0.1, 0.15) is 22.8 Å². The minimum absolute atomic E-state index is 0.123. The number of ether oxygens (including phenoxy) is 1. The number of hydrazone groups is 1. The smallest absolute Gasteiger partial charge is 0.308 e. The first kappa shape index (κ1) is 18.3. The number of hydrogen-bond donors (Lipinski definition) is 1. The Balaban J connectivity index is 2.04. The van der Waals surface area contributed by atoms with E-state index < -0.39 is 16.8 Å². The van der Waals surface area contributed by atoms with Crippen LogP contribution in [0.4, 0.5) is 5.69 Å². The van der Waals surface area contributed by atoms with Crippen molar-refractivity contribution in [1.82, 2.24) is 5.43 Å². The van der Waals surface area contributed by atoms with Gasteiger partial charge in [-0.15, -0.1) is 0 Å². The van der Waals surface area contributed by atoms with Crippen LogP contribution >= 0.6 is 15.9 Å². The van der Waals surface area contributed by atoms with E-state index in [4.69, 9.17) is 4.74 Å². The van der Waals surface area contributed by atoms with E-state index in [2.05, 4.69) is 26.5 Å². The molecule has 0 saturated heterocycles. The highest BCUT2D eigenvalue weighted by atomic mass is 79.9. The number of nitro groups is 1. The number of carbonyl (C=O) groups excluding carboxylic acids is 2. The molecule has 0 spiro atoms. The summed E-state index contributed by atoms with van der Waals surface area (Å²) >= 11 is 3.26. The van der Waals surface area contributed by atoms with Crippen LogP contribution in [-0.4, -0.2) is 23.0 Å². The van der Waals surface area contributed by atoms with E-state index in [9.17, 15) is 19.7 Å². The van der Waals surface area contributed by atoms with Gasteiger partial charge in [0.25, 0.3) is 11.6 Å². The highest BCUT2D eigenvalue weighted by molar-refractivity contribution is 9.10. The molecule has 0 aliphatic carbocycles. The number of halogens is 1. The summed E-state index contributed by atoms with van der Waals surface area (Å²) in [5.41, 5.74) is 2.87. The Hall–Kier alpha value is -3.07. The molecule has 0 saturated carbocycles. The lowest BCUT2D eigenvalue weighted by Gasteiger charge is -2.04. The molecular formula is C16H12BrN3O5. The monoisotopic (exact) mass is 405 g/mol. The average molecular weight is 406 g/mol. The Morgan fingerprint density at radius 3 is 2.68 bits per heavy atom. The molecule has 0 bridgehead atoms. The van der Waals surface area contributed by atoms with Crippen LogP contribution in [0.5, 0.6) is 5.75 Å². The molecule has 0 atom stereocenters. The van der Waals surface area contributed by atoms with E-state index in [1.807, 2.05) is 0 Å². The number of nitrogens with one attached hydrogen (secondary N) is 1. The summed E-state index contributed by atoms with van der Waals surface area (Å²) in [4.78, 5) is 33.0. The van der Waals surface area contributed by atoms with Crippen molar-refractivity contribution in [2.45, 2.75) is 6.92 Å². The van der Waals surface area contributed by atoms with E-state index in [0.717, 1.165) is 6.07 Å². The maximum absolute atomic E-state index is 11.9. The summed E-state index contributed by atoms with van der Waals surface area (Å²) in [5.74, 6) is -0.646. The molecule has 0 unspecified atom stereocenters. The second-order valence-electron chi connectivity index (χ2n) is 4.79. The van der Waals surface area contributed by atoms with Crippen molar-refractivity contribution >= 4 is 39.7 Å². The fraction of sp³-hybridized carbons (Fsp3) is 0.0625. The van der Waals surface area contributed by atoms with Crippen LogP contribution < -0.4 is 10.2 Å². The zero-order chi connectivity index (χ0) is 18.4. The summed E-state index contributed by atoms with van der Waals surface area (Å²) < 4.78 is 5.53. The number of nitrogens with zero attached hydrogens (tertiary/aromatic N) is 2. The Kier molecular flexibility index (Phi) is 5.96. The van der Waals surface area contributed by atoms with Crippen molar-refractivity contribution in [3.8, 4) is 5.75 Å². The number of rotatable bonds is 5. The van der Waals surface area contributed by atoms with Crippen LogP contribution in [0, 0.1) is 10.1 Å². The van der Waals surface area contributed by atoms with E-state index in [1.54, 1.807) is 18.2 Å². The van der Waals surface area contributed by atoms with Gasteiger partial charge in [0, 0.05) is 24.6 Å². The van der Waals surface area contributed by atoms with Crippen molar-refractivity contribution < 1.29 is 19.2 Å². The third-order valence-corrected chi connectivity index (χ3v) is 3.53. The zero-order valence-electron chi connectivity index (χ0n) is 12.9. The van der Waals surface area contributed by atoms with E-state index in [1.165, 1.54) is 31.3 Å². The van der Waals surface area contributed by atoms with Gasteiger partial charge in [-0.1, -0.05) is 6.07 Å². The lowest BCUT2D eigenvalue weighted by Crippen LogP contribution is -2.17. The number of esters is 1. The van der Waals surface area contributed by atoms with Gasteiger partial charge in [-0.25, -0.2) is 5.43 Å². The lowest BCUT2D eigenvalue weighted by atomic mass is 10.2. The first-order chi connectivity index (χ1) is 11.9. The molecule has 8 nitrogen and oxygen atoms in total. The van der Waals surface area contributed by atoms with Crippen LogP contribution in [0.2, 0.25) is 0 Å². The molecule has 1 N–H and O–H groups in total. The number of hydrogen-bond acceptors (Lipinski definition) is 6. The maximum atomic E-state index is 11.9. The van der Waals surface area contributed by atoms with Gasteiger partial charge in [-0.05, 0) is 45.8 Å². The average Bonchev–Trinajstić information content (AvgIpc) is 2.57. The second-order valence-corrected chi connectivity index (χ2v) is 5.64. The fourth-order valence-corrected chi connectivity index (χ4v) is 2.30. The number of nitro benzene ring substituents is 1. The summed E-state index contributed by atoms with van der Waals surface area (Å²) in [6.07, 6.45) is 1.39. The van der Waals surface area contributed by atoms with E-state index in [0.29, 0.717) is 15.8 Å². The molecule has 0 heterocycles. The number of benzene rings is 2. The molecular weight excluding hydrogens is 394 g/mol.